The van der Waals surface area contributed by atoms with Crippen molar-refractivity contribution in [3.05, 3.63) is 63.1 Å². The smallest absolute Gasteiger partial charge is 0.268 e. The normalized spacial score (nSPS) is 21.9. The van der Waals surface area contributed by atoms with Crippen LogP contribution in [0.3, 0.4) is 0 Å². The van der Waals surface area contributed by atoms with Gasteiger partial charge in [0.05, 0.1) is 16.8 Å². The van der Waals surface area contributed by atoms with Gasteiger partial charge in [-0.15, -0.1) is 0 Å². The van der Waals surface area contributed by atoms with E-state index in [0.717, 1.165) is 43.4 Å². The van der Waals surface area contributed by atoms with Crippen molar-refractivity contribution < 1.29 is 4.79 Å². The number of benzene rings is 2. The lowest BCUT2D eigenvalue weighted by atomic mass is 9.87. The first-order chi connectivity index (χ1) is 15.5. The fourth-order valence-electron chi connectivity index (χ4n) is 4.79. The monoisotopic (exact) mass is 491 g/mol. The van der Waals surface area contributed by atoms with Crippen molar-refractivity contribution >= 4 is 52.1 Å². The summed E-state index contributed by atoms with van der Waals surface area (Å²) in [5.74, 6) is -0.149. The predicted octanol–water partition coefficient (Wildman–Crippen LogP) is 7.43. The van der Waals surface area contributed by atoms with Crippen molar-refractivity contribution in [3.8, 4) is 0 Å². The number of hydrogen-bond acceptors (Lipinski definition) is 3. The second-order valence-corrected chi connectivity index (χ2v) is 9.88. The third-order valence-corrected chi connectivity index (χ3v) is 7.23. The van der Waals surface area contributed by atoms with Crippen LogP contribution in [0.25, 0.3) is 0 Å². The quantitative estimate of drug-likeness (QED) is 0.441. The number of nitrogens with one attached hydrogen (secondary N) is 1. The molecule has 0 aromatic heterocycles. The average molecular weight is 493 g/mol. The van der Waals surface area contributed by atoms with E-state index in [1.165, 1.54) is 12.8 Å². The van der Waals surface area contributed by atoms with Gasteiger partial charge in [-0.05, 0) is 55.2 Å². The van der Waals surface area contributed by atoms with E-state index in [0.29, 0.717) is 20.8 Å². The number of hydrazone groups is 1. The van der Waals surface area contributed by atoms with Crippen LogP contribution < -0.4 is 10.3 Å². The molecule has 2 aliphatic rings. The van der Waals surface area contributed by atoms with E-state index in [1.807, 2.05) is 35.3 Å². The fraction of sp³-hybridized carbons (Fsp3) is 0.440. The Morgan fingerprint density at radius 1 is 1.00 bits per heavy atom. The first kappa shape index (κ1) is 23.4. The Bertz CT molecular complexity index is 984. The number of carbonyl (C=O) groups excluding carboxylic acids is 1. The lowest BCUT2D eigenvalue weighted by Gasteiger charge is -2.29. The number of anilines is 1. The van der Waals surface area contributed by atoms with Crippen LogP contribution in [0.2, 0.25) is 15.1 Å². The van der Waals surface area contributed by atoms with Crippen molar-refractivity contribution in [2.45, 2.75) is 64.0 Å². The maximum atomic E-state index is 13.4. The highest BCUT2D eigenvalue weighted by Gasteiger charge is 2.42. The van der Waals surface area contributed by atoms with Crippen LogP contribution >= 0.6 is 34.8 Å². The minimum atomic E-state index is -0.161. The Kier molecular flexibility index (Phi) is 7.65. The van der Waals surface area contributed by atoms with E-state index in [2.05, 4.69) is 12.2 Å². The summed E-state index contributed by atoms with van der Waals surface area (Å²) in [6.45, 7) is 2.09. The summed E-state index contributed by atoms with van der Waals surface area (Å²) in [4.78, 5) is 13.4. The summed E-state index contributed by atoms with van der Waals surface area (Å²) >= 11 is 18.8. The third kappa shape index (κ3) is 5.08. The van der Waals surface area contributed by atoms with Crippen LogP contribution in [-0.2, 0) is 4.79 Å². The molecule has 1 aliphatic carbocycles. The molecule has 2 aromatic carbocycles. The second kappa shape index (κ2) is 10.5. The predicted molar refractivity (Wildman–Crippen MR) is 134 cm³/mol. The highest BCUT2D eigenvalue weighted by molar-refractivity contribution is 6.41. The Balaban J connectivity index is 1.70. The Morgan fingerprint density at radius 3 is 2.28 bits per heavy atom. The van der Waals surface area contributed by atoms with Crippen LogP contribution in [0.15, 0.2) is 47.6 Å². The molecule has 0 radical (unpaired) electrons. The van der Waals surface area contributed by atoms with E-state index in [1.54, 1.807) is 12.1 Å². The van der Waals surface area contributed by atoms with Crippen LogP contribution in [0.4, 0.5) is 5.69 Å². The molecular formula is C25H28Cl3N3O. The SMILES string of the molecule is CC[C@@H]1C(C(=O)NC2CCCCCC2)=NN(c2ccc(Cl)cc2Cl)[C@H]1c1ccc(Cl)cc1. The molecule has 2 atom stereocenters. The van der Waals surface area contributed by atoms with Crippen LogP contribution in [-0.4, -0.2) is 17.7 Å². The van der Waals surface area contributed by atoms with Gasteiger partial charge in [-0.25, -0.2) is 0 Å². The Labute approximate surface area is 204 Å². The standard InChI is InChI=1S/C25H28Cl3N3O/c1-2-20-23(25(32)29-19-7-5-3-4-6-8-19)30-31(22-14-13-18(27)15-21(22)28)24(20)16-9-11-17(26)12-10-16/h9-15,19-20,24H,2-8H2,1H3,(H,29,32)/t20-,24+/m1/s1. The third-order valence-electron chi connectivity index (χ3n) is 6.44. The van der Waals surface area contributed by atoms with Gasteiger partial charge in [-0.1, -0.05) is 79.5 Å². The first-order valence-corrected chi connectivity index (χ1v) is 12.5. The summed E-state index contributed by atoms with van der Waals surface area (Å²) in [5, 5.41) is 11.7. The zero-order valence-corrected chi connectivity index (χ0v) is 20.4. The van der Waals surface area contributed by atoms with Gasteiger partial charge in [-0.3, -0.25) is 9.80 Å². The number of amides is 1. The summed E-state index contributed by atoms with van der Waals surface area (Å²) in [5.41, 5.74) is 2.32. The van der Waals surface area contributed by atoms with E-state index in [4.69, 9.17) is 39.9 Å². The van der Waals surface area contributed by atoms with Crippen molar-refractivity contribution in [2.24, 2.45) is 11.0 Å². The maximum Gasteiger partial charge on any atom is 0.268 e. The number of rotatable bonds is 5. The zero-order valence-electron chi connectivity index (χ0n) is 18.2. The van der Waals surface area contributed by atoms with Gasteiger partial charge < -0.3 is 5.32 Å². The molecule has 0 unspecified atom stereocenters. The molecule has 0 bridgehead atoms. The number of nitrogens with zero attached hydrogens (tertiary/aromatic N) is 2. The molecule has 1 aliphatic heterocycles. The molecule has 1 saturated carbocycles. The molecule has 7 heteroatoms. The van der Waals surface area contributed by atoms with E-state index < -0.39 is 0 Å². The van der Waals surface area contributed by atoms with Gasteiger partial charge in [-0.2, -0.15) is 5.10 Å². The molecule has 4 rings (SSSR count). The summed E-state index contributed by atoms with van der Waals surface area (Å²) in [6.07, 6.45) is 7.64. The Morgan fingerprint density at radius 2 is 1.66 bits per heavy atom. The maximum absolute atomic E-state index is 13.4. The van der Waals surface area contributed by atoms with Gasteiger partial charge in [0.25, 0.3) is 5.91 Å². The van der Waals surface area contributed by atoms with Gasteiger partial charge >= 0.3 is 0 Å². The molecule has 32 heavy (non-hydrogen) atoms. The molecule has 1 amide bonds. The van der Waals surface area contributed by atoms with Gasteiger partial charge in [0.2, 0.25) is 0 Å². The highest BCUT2D eigenvalue weighted by Crippen LogP contribution is 2.43. The van der Waals surface area contributed by atoms with Crippen LogP contribution in [0, 0.1) is 5.92 Å². The lowest BCUT2D eigenvalue weighted by Crippen LogP contribution is -2.41. The number of carbonyl (C=O) groups is 1. The topological polar surface area (TPSA) is 44.7 Å². The molecule has 0 saturated heterocycles. The van der Waals surface area contributed by atoms with Gasteiger partial charge in [0, 0.05) is 22.0 Å². The summed E-state index contributed by atoms with van der Waals surface area (Å²) in [7, 11) is 0. The van der Waals surface area contributed by atoms with Gasteiger partial charge in [0.15, 0.2) is 0 Å². The van der Waals surface area contributed by atoms with E-state index >= 15 is 0 Å². The average Bonchev–Trinajstić information content (AvgIpc) is 2.96. The van der Waals surface area contributed by atoms with Crippen LogP contribution in [0.5, 0.6) is 0 Å². The van der Waals surface area contributed by atoms with Crippen LogP contribution in [0.1, 0.15) is 63.5 Å². The molecule has 1 heterocycles. The molecule has 1 fully saturated rings. The molecule has 0 spiro atoms. The molecule has 4 nitrogen and oxygen atoms in total. The minimum absolute atomic E-state index is 0.0738. The van der Waals surface area contributed by atoms with Crippen molar-refractivity contribution in [1.29, 1.82) is 0 Å². The van der Waals surface area contributed by atoms with Crippen molar-refractivity contribution in [2.75, 3.05) is 5.01 Å². The fourth-order valence-corrected chi connectivity index (χ4v) is 5.41. The number of hydrogen-bond donors (Lipinski definition) is 1. The summed E-state index contributed by atoms with van der Waals surface area (Å²) < 4.78 is 0. The zero-order chi connectivity index (χ0) is 22.7. The van der Waals surface area contributed by atoms with Gasteiger partial charge in [0.1, 0.15) is 5.71 Å². The number of halogens is 3. The first-order valence-electron chi connectivity index (χ1n) is 11.4. The molecule has 1 N–H and O–H groups in total. The molecular weight excluding hydrogens is 465 g/mol. The molecule has 170 valence electrons. The second-order valence-electron chi connectivity index (χ2n) is 8.60. The lowest BCUT2D eigenvalue weighted by molar-refractivity contribution is -0.115. The van der Waals surface area contributed by atoms with E-state index in [9.17, 15) is 4.79 Å². The highest BCUT2D eigenvalue weighted by atomic mass is 35.5. The Hall–Kier alpha value is -1.75. The molecule has 2 aromatic rings. The minimum Gasteiger partial charge on any atom is -0.348 e. The largest absolute Gasteiger partial charge is 0.348 e. The van der Waals surface area contributed by atoms with Crippen molar-refractivity contribution in [1.82, 2.24) is 5.32 Å². The summed E-state index contributed by atoms with van der Waals surface area (Å²) in [6, 6.07) is 13.1. The van der Waals surface area contributed by atoms with Crippen molar-refractivity contribution in [3.63, 3.8) is 0 Å². The van der Waals surface area contributed by atoms with E-state index in [-0.39, 0.29) is 23.9 Å².